The van der Waals surface area contributed by atoms with Crippen molar-refractivity contribution in [1.82, 2.24) is 19.9 Å². The average Bonchev–Trinajstić information content (AvgIpc) is 2.34. The zero-order valence-electron chi connectivity index (χ0n) is 9.18. The molecule has 0 aliphatic heterocycles. The Bertz CT molecular complexity index is 383. The lowest BCUT2D eigenvalue weighted by atomic mass is 10.4. The normalized spacial score (nSPS) is 9.00. The molecule has 0 aromatic carbocycles. The first-order valence-electron chi connectivity index (χ1n) is 4.92. The topological polar surface area (TPSA) is 51.6 Å². The Balaban J connectivity index is 0.000000531. The summed E-state index contributed by atoms with van der Waals surface area (Å²) < 4.78 is 0. The predicted molar refractivity (Wildman–Crippen MR) is 59.1 cm³/mol. The van der Waals surface area contributed by atoms with E-state index in [9.17, 15) is 0 Å². The number of hydrogen-bond acceptors (Lipinski definition) is 4. The Morgan fingerprint density at radius 1 is 0.800 bits per heavy atom. The van der Waals surface area contributed by atoms with Gasteiger partial charge in [-0.1, -0.05) is 13.8 Å². The molecule has 2 aromatic rings. The summed E-state index contributed by atoms with van der Waals surface area (Å²) in [5, 5.41) is 0. The molecule has 0 saturated heterocycles. The van der Waals surface area contributed by atoms with Gasteiger partial charge in [-0.2, -0.15) is 0 Å². The van der Waals surface area contributed by atoms with Crippen molar-refractivity contribution >= 4 is 0 Å². The molecule has 0 unspecified atom stereocenters. The van der Waals surface area contributed by atoms with Crippen LogP contribution in [0.15, 0.2) is 30.9 Å². The van der Waals surface area contributed by atoms with E-state index in [0.717, 1.165) is 5.56 Å². The van der Waals surface area contributed by atoms with Crippen molar-refractivity contribution in [2.75, 3.05) is 0 Å². The highest BCUT2D eigenvalue weighted by Crippen LogP contribution is 2.05. The molecule has 0 spiro atoms. The summed E-state index contributed by atoms with van der Waals surface area (Å²) in [5.41, 5.74) is 1.03. The van der Waals surface area contributed by atoms with Crippen LogP contribution in [0.3, 0.4) is 0 Å². The minimum absolute atomic E-state index is 0.558. The molecule has 0 amide bonds. The van der Waals surface area contributed by atoms with Crippen LogP contribution in [0.1, 0.15) is 19.4 Å². The van der Waals surface area contributed by atoms with E-state index in [-0.39, 0.29) is 0 Å². The van der Waals surface area contributed by atoms with Gasteiger partial charge < -0.3 is 0 Å². The molecule has 0 radical (unpaired) electrons. The maximum absolute atomic E-state index is 4.11. The second kappa shape index (κ2) is 5.80. The highest BCUT2D eigenvalue weighted by atomic mass is 15.0. The Labute approximate surface area is 89.5 Å². The van der Waals surface area contributed by atoms with Gasteiger partial charge in [0.25, 0.3) is 0 Å². The molecule has 15 heavy (non-hydrogen) atoms. The van der Waals surface area contributed by atoms with E-state index in [1.54, 1.807) is 30.9 Å². The van der Waals surface area contributed by atoms with Gasteiger partial charge in [0.2, 0.25) is 0 Å². The second-order valence-corrected chi connectivity index (χ2v) is 2.66. The van der Waals surface area contributed by atoms with Crippen LogP contribution in [0.5, 0.6) is 0 Å². The van der Waals surface area contributed by atoms with Gasteiger partial charge in [-0.15, -0.1) is 0 Å². The standard InChI is InChI=1S/C9H8N4.C2H6/c1-7-5-12-9(13-6-7)8-10-3-2-4-11-8;1-2/h2-6H,1H3;1-2H3. The lowest BCUT2D eigenvalue weighted by molar-refractivity contribution is 1.06. The third-order valence-electron chi connectivity index (χ3n) is 1.55. The first-order chi connectivity index (χ1) is 7.36. The Morgan fingerprint density at radius 3 is 1.80 bits per heavy atom. The fourth-order valence-corrected chi connectivity index (χ4v) is 0.923. The summed E-state index contributed by atoms with van der Waals surface area (Å²) in [7, 11) is 0. The first-order valence-corrected chi connectivity index (χ1v) is 4.92. The van der Waals surface area contributed by atoms with Crippen LogP contribution in [-0.2, 0) is 0 Å². The van der Waals surface area contributed by atoms with Crippen LogP contribution >= 0.6 is 0 Å². The smallest absolute Gasteiger partial charge is 0.197 e. The van der Waals surface area contributed by atoms with Crippen molar-refractivity contribution in [3.8, 4) is 11.6 Å². The third-order valence-corrected chi connectivity index (χ3v) is 1.55. The SMILES string of the molecule is CC.Cc1cnc(-c2ncccn2)nc1. The van der Waals surface area contributed by atoms with Crippen LogP contribution in [0.25, 0.3) is 11.6 Å². The van der Waals surface area contributed by atoms with Crippen molar-refractivity contribution in [3.63, 3.8) is 0 Å². The molecule has 0 bridgehead atoms. The lowest BCUT2D eigenvalue weighted by Crippen LogP contribution is -1.93. The number of aryl methyl sites for hydroxylation is 1. The van der Waals surface area contributed by atoms with Gasteiger partial charge in [0.1, 0.15) is 0 Å². The molecule has 0 N–H and O–H groups in total. The number of nitrogens with zero attached hydrogens (tertiary/aromatic N) is 4. The predicted octanol–water partition coefficient (Wildman–Crippen LogP) is 2.27. The molecule has 2 rings (SSSR count). The van der Waals surface area contributed by atoms with E-state index in [4.69, 9.17) is 0 Å². The highest BCUT2D eigenvalue weighted by molar-refractivity contribution is 5.41. The maximum atomic E-state index is 4.11. The molecular weight excluding hydrogens is 188 g/mol. The minimum Gasteiger partial charge on any atom is -0.234 e. The van der Waals surface area contributed by atoms with Gasteiger partial charge in [0, 0.05) is 24.8 Å². The zero-order chi connectivity index (χ0) is 11.1. The summed E-state index contributed by atoms with van der Waals surface area (Å²) in [4.78, 5) is 16.3. The van der Waals surface area contributed by atoms with Gasteiger partial charge in [-0.05, 0) is 18.6 Å². The number of rotatable bonds is 1. The van der Waals surface area contributed by atoms with Crippen molar-refractivity contribution in [3.05, 3.63) is 36.4 Å². The molecule has 0 aliphatic rings. The quantitative estimate of drug-likeness (QED) is 0.711. The first kappa shape index (κ1) is 11.2. The van der Waals surface area contributed by atoms with Crippen LogP contribution in [0.4, 0.5) is 0 Å². The molecule has 4 nitrogen and oxygen atoms in total. The van der Waals surface area contributed by atoms with Crippen molar-refractivity contribution in [1.29, 1.82) is 0 Å². The van der Waals surface area contributed by atoms with Crippen LogP contribution < -0.4 is 0 Å². The zero-order valence-corrected chi connectivity index (χ0v) is 9.18. The molecule has 0 aliphatic carbocycles. The Hall–Kier alpha value is -1.84. The van der Waals surface area contributed by atoms with Gasteiger partial charge in [-0.25, -0.2) is 19.9 Å². The Kier molecular flexibility index (Phi) is 4.34. The number of hydrogen-bond donors (Lipinski definition) is 0. The molecular formula is C11H14N4. The third kappa shape index (κ3) is 3.09. The highest BCUT2D eigenvalue weighted by Gasteiger charge is 2.00. The molecule has 2 aromatic heterocycles. The van der Waals surface area contributed by atoms with E-state index < -0.39 is 0 Å². The molecule has 0 fully saturated rings. The lowest BCUT2D eigenvalue weighted by Gasteiger charge is -1.96. The minimum atomic E-state index is 0.558. The summed E-state index contributed by atoms with van der Waals surface area (Å²) in [6.07, 6.45) is 6.84. The van der Waals surface area contributed by atoms with Crippen molar-refractivity contribution < 1.29 is 0 Å². The van der Waals surface area contributed by atoms with Crippen LogP contribution in [0, 0.1) is 6.92 Å². The summed E-state index contributed by atoms with van der Waals surface area (Å²) in [6, 6.07) is 1.76. The molecule has 2 heterocycles. The molecule has 0 atom stereocenters. The van der Waals surface area contributed by atoms with E-state index in [2.05, 4.69) is 19.9 Å². The molecule has 4 heteroatoms. The second-order valence-electron chi connectivity index (χ2n) is 2.66. The van der Waals surface area contributed by atoms with E-state index in [0.29, 0.717) is 11.6 Å². The van der Waals surface area contributed by atoms with Crippen molar-refractivity contribution in [2.24, 2.45) is 0 Å². The fraction of sp³-hybridized carbons (Fsp3) is 0.273. The average molecular weight is 202 g/mol. The monoisotopic (exact) mass is 202 g/mol. The van der Waals surface area contributed by atoms with E-state index >= 15 is 0 Å². The van der Waals surface area contributed by atoms with Gasteiger partial charge in [0.15, 0.2) is 11.6 Å². The van der Waals surface area contributed by atoms with E-state index in [1.165, 1.54) is 0 Å². The summed E-state index contributed by atoms with van der Waals surface area (Å²) in [5.74, 6) is 1.12. The van der Waals surface area contributed by atoms with Crippen molar-refractivity contribution in [2.45, 2.75) is 20.8 Å². The number of aromatic nitrogens is 4. The van der Waals surface area contributed by atoms with Gasteiger partial charge >= 0.3 is 0 Å². The fourth-order valence-electron chi connectivity index (χ4n) is 0.923. The molecule has 78 valence electrons. The largest absolute Gasteiger partial charge is 0.234 e. The summed E-state index contributed by atoms with van der Waals surface area (Å²) >= 11 is 0. The van der Waals surface area contributed by atoms with Gasteiger partial charge in [-0.3, -0.25) is 0 Å². The van der Waals surface area contributed by atoms with Gasteiger partial charge in [0.05, 0.1) is 0 Å². The van der Waals surface area contributed by atoms with E-state index in [1.807, 2.05) is 20.8 Å². The Morgan fingerprint density at radius 2 is 1.27 bits per heavy atom. The maximum Gasteiger partial charge on any atom is 0.197 e. The van der Waals surface area contributed by atoms with Crippen LogP contribution in [0.2, 0.25) is 0 Å². The summed E-state index contributed by atoms with van der Waals surface area (Å²) in [6.45, 7) is 5.94. The van der Waals surface area contributed by atoms with Crippen LogP contribution in [-0.4, -0.2) is 19.9 Å². The molecule has 0 saturated carbocycles.